The fraction of sp³-hybridized carbons (Fsp3) is 0.385. The summed E-state index contributed by atoms with van der Waals surface area (Å²) in [6.45, 7) is 13.9. The molecule has 0 amide bonds. The predicted octanol–water partition coefficient (Wildman–Crippen LogP) is 7.90. The molecule has 142 valence electrons. The Kier molecular flexibility index (Phi) is 3.89. The lowest BCUT2D eigenvalue weighted by Gasteiger charge is -2.41. The zero-order valence-corrected chi connectivity index (χ0v) is 18.8. The summed E-state index contributed by atoms with van der Waals surface area (Å²) >= 11 is 0. The molecule has 0 fully saturated rings. The zero-order chi connectivity index (χ0) is 19.8. The minimum Gasteiger partial charge on any atom is -0.192 e. The van der Waals surface area contributed by atoms with Crippen LogP contribution in [-0.2, 0) is 10.8 Å². The monoisotopic (exact) mass is 376 g/mol. The van der Waals surface area contributed by atoms with Crippen molar-refractivity contribution in [1.82, 2.24) is 0 Å². The van der Waals surface area contributed by atoms with Gasteiger partial charge in [-0.3, -0.25) is 0 Å². The minimum absolute atomic E-state index is 0.146. The summed E-state index contributed by atoms with van der Waals surface area (Å²) in [5, 5.41) is 2.92. The summed E-state index contributed by atoms with van der Waals surface area (Å²) in [7, 11) is -1.05. The van der Waals surface area contributed by atoms with Crippen molar-refractivity contribution in [3.63, 3.8) is 0 Å². The third-order valence-corrected chi connectivity index (χ3v) is 8.92. The standard InChI is InChI=1S/C26H32S/c1-25(2,3)17-12-13-18-19-14-15-21(26(4,5)6)20-10-9-11-22(24(19)20)27(7,8)23(18)16-17/h9-16H,1-8H3. The maximum absolute atomic E-state index is 2.49. The van der Waals surface area contributed by atoms with Crippen LogP contribution in [0.4, 0.5) is 0 Å². The highest BCUT2D eigenvalue weighted by Gasteiger charge is 2.32. The summed E-state index contributed by atoms with van der Waals surface area (Å²) in [6.07, 6.45) is 4.94. The third kappa shape index (κ3) is 2.74. The molecule has 3 aromatic rings. The number of hydrogen-bond acceptors (Lipinski definition) is 0. The maximum Gasteiger partial charge on any atom is 0.00222 e. The van der Waals surface area contributed by atoms with E-state index in [0.717, 1.165) is 0 Å². The van der Waals surface area contributed by atoms with Crippen LogP contribution in [0, 0.1) is 0 Å². The Labute approximate surface area is 166 Å². The summed E-state index contributed by atoms with van der Waals surface area (Å²) in [5.41, 5.74) is 6.06. The van der Waals surface area contributed by atoms with Gasteiger partial charge in [-0.1, -0.05) is 77.9 Å². The third-order valence-electron chi connectivity index (χ3n) is 6.05. The molecule has 1 aliphatic heterocycles. The molecule has 0 saturated carbocycles. The molecular weight excluding hydrogens is 344 g/mol. The molecule has 1 aliphatic rings. The summed E-state index contributed by atoms with van der Waals surface area (Å²) < 4.78 is 0. The molecular formula is C26H32S. The molecule has 0 spiro atoms. The van der Waals surface area contributed by atoms with E-state index in [1.165, 1.54) is 33.0 Å². The van der Waals surface area contributed by atoms with Gasteiger partial charge in [0.25, 0.3) is 0 Å². The number of benzene rings is 3. The van der Waals surface area contributed by atoms with Crippen molar-refractivity contribution in [3.8, 4) is 11.1 Å². The first kappa shape index (κ1) is 18.6. The van der Waals surface area contributed by atoms with Gasteiger partial charge in [-0.25, -0.2) is 0 Å². The molecule has 0 unspecified atom stereocenters. The van der Waals surface area contributed by atoms with E-state index < -0.39 is 10.0 Å². The second kappa shape index (κ2) is 5.64. The van der Waals surface area contributed by atoms with Crippen molar-refractivity contribution in [3.05, 3.63) is 59.7 Å². The second-order valence-corrected chi connectivity index (χ2v) is 13.9. The van der Waals surface area contributed by atoms with Gasteiger partial charge >= 0.3 is 0 Å². The Hall–Kier alpha value is -1.73. The Bertz CT molecular complexity index is 1060. The van der Waals surface area contributed by atoms with Gasteiger partial charge in [0.1, 0.15) is 0 Å². The lowest BCUT2D eigenvalue weighted by molar-refractivity contribution is 0.588. The fourth-order valence-electron chi connectivity index (χ4n) is 4.43. The average molecular weight is 377 g/mol. The molecule has 0 atom stereocenters. The SMILES string of the molecule is CC(C)(C)c1ccc2c(c1)S(C)(C)c1cccc3c(C(C)(C)C)ccc-2c13. The van der Waals surface area contributed by atoms with Crippen LogP contribution < -0.4 is 0 Å². The van der Waals surface area contributed by atoms with Gasteiger partial charge in [-0.05, 0) is 63.1 Å². The van der Waals surface area contributed by atoms with Crippen LogP contribution in [0.1, 0.15) is 52.7 Å². The van der Waals surface area contributed by atoms with E-state index in [9.17, 15) is 0 Å². The lowest BCUT2D eigenvalue weighted by atomic mass is 9.81. The van der Waals surface area contributed by atoms with Crippen LogP contribution in [0.2, 0.25) is 0 Å². The Morgan fingerprint density at radius 2 is 1.33 bits per heavy atom. The van der Waals surface area contributed by atoms with Crippen molar-refractivity contribution in [2.24, 2.45) is 0 Å². The van der Waals surface area contributed by atoms with Crippen LogP contribution in [-0.4, -0.2) is 12.5 Å². The van der Waals surface area contributed by atoms with Crippen molar-refractivity contribution in [1.29, 1.82) is 0 Å². The predicted molar refractivity (Wildman–Crippen MR) is 123 cm³/mol. The van der Waals surface area contributed by atoms with E-state index >= 15 is 0 Å². The summed E-state index contributed by atoms with van der Waals surface area (Å²) in [4.78, 5) is 3.08. The first-order valence-electron chi connectivity index (χ1n) is 9.87. The van der Waals surface area contributed by atoms with Crippen LogP contribution in [0.5, 0.6) is 0 Å². The van der Waals surface area contributed by atoms with Crippen LogP contribution in [0.25, 0.3) is 21.9 Å². The molecule has 1 heterocycles. The first-order chi connectivity index (χ1) is 12.4. The molecule has 0 aromatic heterocycles. The van der Waals surface area contributed by atoms with Gasteiger partial charge in [0.05, 0.1) is 0 Å². The smallest absolute Gasteiger partial charge is 0.00222 e. The second-order valence-electron chi connectivity index (χ2n) is 10.4. The molecule has 27 heavy (non-hydrogen) atoms. The highest BCUT2D eigenvalue weighted by molar-refractivity contribution is 8.33. The number of fused-ring (bicyclic) bond motifs is 2. The minimum atomic E-state index is -1.05. The molecule has 0 N–H and O–H groups in total. The Balaban J connectivity index is 2.12. The van der Waals surface area contributed by atoms with E-state index in [1.54, 1.807) is 9.79 Å². The van der Waals surface area contributed by atoms with Crippen LogP contribution in [0.3, 0.4) is 0 Å². The molecule has 3 aromatic carbocycles. The van der Waals surface area contributed by atoms with Crippen molar-refractivity contribution >= 4 is 20.8 Å². The largest absolute Gasteiger partial charge is 0.192 e. The topological polar surface area (TPSA) is 0 Å². The maximum atomic E-state index is 2.49. The highest BCUT2D eigenvalue weighted by Crippen LogP contribution is 2.66. The van der Waals surface area contributed by atoms with E-state index in [2.05, 4.69) is 103 Å². The molecule has 0 nitrogen and oxygen atoms in total. The van der Waals surface area contributed by atoms with Gasteiger partial charge in [-0.15, -0.1) is 0 Å². The van der Waals surface area contributed by atoms with Crippen molar-refractivity contribution in [2.75, 3.05) is 12.5 Å². The molecule has 0 radical (unpaired) electrons. The summed E-state index contributed by atoms with van der Waals surface area (Å²) in [5.74, 6) is 0. The summed E-state index contributed by atoms with van der Waals surface area (Å²) in [6, 6.07) is 18.9. The van der Waals surface area contributed by atoms with E-state index in [-0.39, 0.29) is 10.8 Å². The number of rotatable bonds is 0. The average Bonchev–Trinajstić information content (AvgIpc) is 2.57. The lowest BCUT2D eigenvalue weighted by Crippen LogP contribution is -2.15. The van der Waals surface area contributed by atoms with Crippen molar-refractivity contribution < 1.29 is 0 Å². The normalized spacial score (nSPS) is 16.9. The Morgan fingerprint density at radius 3 is 1.96 bits per heavy atom. The molecule has 4 rings (SSSR count). The fourth-order valence-corrected chi connectivity index (χ4v) is 6.96. The van der Waals surface area contributed by atoms with Crippen LogP contribution >= 0.6 is 10.0 Å². The van der Waals surface area contributed by atoms with Gasteiger partial charge in [0, 0.05) is 15.2 Å². The number of hydrogen-bond donors (Lipinski definition) is 0. The molecule has 0 aliphatic carbocycles. The molecule has 0 saturated heterocycles. The first-order valence-corrected chi connectivity index (χ1v) is 12.3. The van der Waals surface area contributed by atoms with Crippen LogP contribution in [0.15, 0.2) is 58.3 Å². The van der Waals surface area contributed by atoms with E-state index in [1.807, 2.05) is 0 Å². The quantitative estimate of drug-likeness (QED) is 0.374. The van der Waals surface area contributed by atoms with Gasteiger partial charge < -0.3 is 0 Å². The van der Waals surface area contributed by atoms with E-state index in [0.29, 0.717) is 0 Å². The van der Waals surface area contributed by atoms with Crippen molar-refractivity contribution in [2.45, 2.75) is 62.2 Å². The van der Waals surface area contributed by atoms with Gasteiger partial charge in [-0.2, -0.15) is 10.0 Å². The van der Waals surface area contributed by atoms with Gasteiger partial charge in [0.2, 0.25) is 0 Å². The zero-order valence-electron chi connectivity index (χ0n) is 18.0. The molecule has 0 bridgehead atoms. The Morgan fingerprint density at radius 1 is 0.667 bits per heavy atom. The van der Waals surface area contributed by atoms with Gasteiger partial charge in [0.15, 0.2) is 0 Å². The highest BCUT2D eigenvalue weighted by atomic mass is 32.3. The van der Waals surface area contributed by atoms with E-state index in [4.69, 9.17) is 0 Å². The molecule has 1 heteroatoms.